The van der Waals surface area contributed by atoms with Crippen LogP contribution in [0.4, 0.5) is 8.78 Å². The minimum Gasteiger partial charge on any atom is -0.384 e. The van der Waals surface area contributed by atoms with Gasteiger partial charge in [0.1, 0.15) is 17.7 Å². The molecule has 1 N–H and O–H groups in total. The molecule has 0 aliphatic carbocycles. The highest BCUT2D eigenvalue weighted by Crippen LogP contribution is 2.24. The van der Waals surface area contributed by atoms with Gasteiger partial charge >= 0.3 is 0 Å². The van der Waals surface area contributed by atoms with Gasteiger partial charge in [0.15, 0.2) is 0 Å². The molecule has 0 aliphatic heterocycles. The number of aliphatic hydroxyl groups excluding tert-OH is 1. The first-order valence-electron chi connectivity index (χ1n) is 4.71. The summed E-state index contributed by atoms with van der Waals surface area (Å²) in [7, 11) is 0. The molecule has 0 saturated carbocycles. The molecule has 1 atom stereocenters. The standard InChI is InChI=1S/C12H14F2O/c1-7(2)6-10(15)11-9(13)5-4-8(3)12(11)14/h4-6,10,15H,1-3H3. The summed E-state index contributed by atoms with van der Waals surface area (Å²) in [4.78, 5) is 0. The fourth-order valence-electron chi connectivity index (χ4n) is 1.35. The average Bonchev–Trinajstić information content (AvgIpc) is 2.11. The van der Waals surface area contributed by atoms with Gasteiger partial charge in [0.25, 0.3) is 0 Å². The first-order valence-corrected chi connectivity index (χ1v) is 4.71. The molecule has 0 aromatic heterocycles. The third-order valence-corrected chi connectivity index (χ3v) is 2.11. The molecule has 0 fully saturated rings. The zero-order chi connectivity index (χ0) is 11.6. The highest BCUT2D eigenvalue weighted by Gasteiger charge is 2.17. The van der Waals surface area contributed by atoms with Crippen molar-refractivity contribution in [2.24, 2.45) is 0 Å². The maximum atomic E-state index is 13.5. The highest BCUT2D eigenvalue weighted by atomic mass is 19.1. The van der Waals surface area contributed by atoms with Crippen molar-refractivity contribution in [2.75, 3.05) is 0 Å². The number of aryl methyl sites for hydroxylation is 1. The molecule has 1 aromatic rings. The van der Waals surface area contributed by atoms with Crippen LogP contribution in [0, 0.1) is 18.6 Å². The molecule has 0 aliphatic rings. The Bertz CT molecular complexity index is 393. The molecule has 3 heteroatoms. The van der Waals surface area contributed by atoms with Gasteiger partial charge in [-0.1, -0.05) is 17.7 Å². The smallest absolute Gasteiger partial charge is 0.135 e. The summed E-state index contributed by atoms with van der Waals surface area (Å²) in [6.45, 7) is 5.05. The van der Waals surface area contributed by atoms with E-state index in [1.165, 1.54) is 19.1 Å². The third-order valence-electron chi connectivity index (χ3n) is 2.11. The number of hydrogen-bond donors (Lipinski definition) is 1. The normalized spacial score (nSPS) is 12.4. The van der Waals surface area contributed by atoms with Gasteiger partial charge in [-0.15, -0.1) is 0 Å². The number of aliphatic hydroxyl groups is 1. The second-order valence-electron chi connectivity index (χ2n) is 3.78. The Hall–Kier alpha value is -1.22. The van der Waals surface area contributed by atoms with Gasteiger partial charge in [0, 0.05) is 0 Å². The van der Waals surface area contributed by atoms with Crippen LogP contribution in [0.25, 0.3) is 0 Å². The van der Waals surface area contributed by atoms with E-state index in [4.69, 9.17) is 0 Å². The monoisotopic (exact) mass is 212 g/mol. The predicted molar refractivity (Wildman–Crippen MR) is 55.5 cm³/mol. The van der Waals surface area contributed by atoms with E-state index in [2.05, 4.69) is 0 Å². The van der Waals surface area contributed by atoms with Crippen LogP contribution in [0.1, 0.15) is 31.1 Å². The number of hydrogen-bond acceptors (Lipinski definition) is 1. The summed E-state index contributed by atoms with van der Waals surface area (Å²) in [5.74, 6) is -1.40. The van der Waals surface area contributed by atoms with Crippen LogP contribution >= 0.6 is 0 Å². The van der Waals surface area contributed by atoms with Gasteiger partial charge < -0.3 is 5.11 Å². The minimum atomic E-state index is -1.23. The number of benzene rings is 1. The summed E-state index contributed by atoms with van der Waals surface area (Å²) in [5, 5.41) is 9.62. The highest BCUT2D eigenvalue weighted by molar-refractivity contribution is 5.30. The molecule has 82 valence electrons. The maximum absolute atomic E-state index is 13.5. The summed E-state index contributed by atoms with van der Waals surface area (Å²) in [5.41, 5.74) is 0.853. The Morgan fingerprint density at radius 1 is 1.33 bits per heavy atom. The van der Waals surface area contributed by atoms with Crippen molar-refractivity contribution in [3.8, 4) is 0 Å². The van der Waals surface area contributed by atoms with E-state index in [1.807, 2.05) is 0 Å². The van der Waals surface area contributed by atoms with Crippen molar-refractivity contribution in [3.05, 3.63) is 46.5 Å². The zero-order valence-corrected chi connectivity index (χ0v) is 9.01. The van der Waals surface area contributed by atoms with Gasteiger partial charge in [-0.25, -0.2) is 8.78 Å². The van der Waals surface area contributed by atoms with Crippen molar-refractivity contribution in [1.82, 2.24) is 0 Å². The molecule has 15 heavy (non-hydrogen) atoms. The van der Waals surface area contributed by atoms with E-state index in [0.717, 1.165) is 11.6 Å². The van der Waals surface area contributed by atoms with Crippen molar-refractivity contribution < 1.29 is 13.9 Å². The Balaban J connectivity index is 3.24. The fourth-order valence-corrected chi connectivity index (χ4v) is 1.35. The van der Waals surface area contributed by atoms with E-state index in [9.17, 15) is 13.9 Å². The second kappa shape index (κ2) is 4.53. The van der Waals surface area contributed by atoms with Crippen LogP contribution < -0.4 is 0 Å². The van der Waals surface area contributed by atoms with Crippen molar-refractivity contribution in [1.29, 1.82) is 0 Å². The molecule has 0 amide bonds. The van der Waals surface area contributed by atoms with Crippen molar-refractivity contribution >= 4 is 0 Å². The maximum Gasteiger partial charge on any atom is 0.135 e. The number of rotatable bonds is 2. The van der Waals surface area contributed by atoms with Crippen LogP contribution in [0.3, 0.4) is 0 Å². The summed E-state index contributed by atoms with van der Waals surface area (Å²) in [6.07, 6.45) is 0.191. The Labute approximate surface area is 88.1 Å². The zero-order valence-electron chi connectivity index (χ0n) is 9.01. The molecule has 1 rings (SSSR count). The number of allylic oxidation sites excluding steroid dienone is 1. The van der Waals surface area contributed by atoms with Gasteiger partial charge in [-0.05, 0) is 32.4 Å². The second-order valence-corrected chi connectivity index (χ2v) is 3.78. The van der Waals surface area contributed by atoms with E-state index >= 15 is 0 Å². The summed E-state index contributed by atoms with van der Waals surface area (Å²) >= 11 is 0. The van der Waals surface area contributed by atoms with Crippen LogP contribution in [-0.2, 0) is 0 Å². The molecule has 1 nitrogen and oxygen atoms in total. The van der Waals surface area contributed by atoms with Crippen LogP contribution in [0.2, 0.25) is 0 Å². The quantitative estimate of drug-likeness (QED) is 0.746. The van der Waals surface area contributed by atoms with Crippen LogP contribution in [0.15, 0.2) is 23.8 Å². The lowest BCUT2D eigenvalue weighted by Gasteiger charge is -2.11. The van der Waals surface area contributed by atoms with Gasteiger partial charge in [0.05, 0.1) is 5.56 Å². The lowest BCUT2D eigenvalue weighted by atomic mass is 10.0. The van der Waals surface area contributed by atoms with Crippen LogP contribution in [-0.4, -0.2) is 5.11 Å². The van der Waals surface area contributed by atoms with Gasteiger partial charge in [-0.3, -0.25) is 0 Å². The number of halogens is 2. The molecule has 0 spiro atoms. The molecule has 0 saturated heterocycles. The lowest BCUT2D eigenvalue weighted by molar-refractivity contribution is 0.216. The van der Waals surface area contributed by atoms with E-state index in [1.54, 1.807) is 13.8 Å². The lowest BCUT2D eigenvalue weighted by Crippen LogP contribution is -2.03. The van der Waals surface area contributed by atoms with Crippen molar-refractivity contribution in [3.63, 3.8) is 0 Å². The van der Waals surface area contributed by atoms with Gasteiger partial charge in [-0.2, -0.15) is 0 Å². The molecule has 1 aromatic carbocycles. The SMILES string of the molecule is CC(C)=CC(O)c1c(F)ccc(C)c1F. The Kier molecular flexibility index (Phi) is 3.58. The topological polar surface area (TPSA) is 20.2 Å². The molecular weight excluding hydrogens is 198 g/mol. The fraction of sp³-hybridized carbons (Fsp3) is 0.333. The third kappa shape index (κ3) is 2.63. The summed E-state index contributed by atoms with van der Waals surface area (Å²) in [6, 6.07) is 2.51. The predicted octanol–water partition coefficient (Wildman–Crippen LogP) is 3.27. The van der Waals surface area contributed by atoms with E-state index in [0.29, 0.717) is 5.56 Å². The molecule has 0 heterocycles. The first-order chi connectivity index (χ1) is 6.93. The average molecular weight is 212 g/mol. The van der Waals surface area contributed by atoms with E-state index < -0.39 is 17.7 Å². The minimum absolute atomic E-state index is 0.281. The van der Waals surface area contributed by atoms with Gasteiger partial charge in [0.2, 0.25) is 0 Å². The van der Waals surface area contributed by atoms with Crippen LogP contribution in [0.5, 0.6) is 0 Å². The first kappa shape index (κ1) is 11.9. The largest absolute Gasteiger partial charge is 0.384 e. The summed E-state index contributed by atoms with van der Waals surface area (Å²) < 4.78 is 26.8. The Morgan fingerprint density at radius 3 is 2.47 bits per heavy atom. The molecule has 1 unspecified atom stereocenters. The molecular formula is C12H14F2O. The molecule has 0 radical (unpaired) electrons. The molecule has 0 bridgehead atoms. The Morgan fingerprint density at radius 2 is 1.93 bits per heavy atom. The van der Waals surface area contributed by atoms with E-state index in [-0.39, 0.29) is 5.56 Å². The van der Waals surface area contributed by atoms with Crippen molar-refractivity contribution in [2.45, 2.75) is 26.9 Å².